The summed E-state index contributed by atoms with van der Waals surface area (Å²) in [5, 5.41) is 2.97. The van der Waals surface area contributed by atoms with E-state index in [1.807, 2.05) is 13.8 Å². The van der Waals surface area contributed by atoms with Gasteiger partial charge >= 0.3 is 6.18 Å². The van der Waals surface area contributed by atoms with Crippen molar-refractivity contribution in [2.45, 2.75) is 43.8 Å². The van der Waals surface area contributed by atoms with E-state index in [1.165, 1.54) is 0 Å². The number of hydrogen-bond donors (Lipinski definition) is 1. The largest absolute Gasteiger partial charge is 0.467 e. The van der Waals surface area contributed by atoms with Crippen molar-refractivity contribution in [3.63, 3.8) is 0 Å². The topological polar surface area (TPSA) is 73.3 Å². The van der Waals surface area contributed by atoms with Crippen molar-refractivity contribution in [1.82, 2.24) is 15.3 Å². The van der Waals surface area contributed by atoms with Crippen molar-refractivity contribution in [3.8, 4) is 5.88 Å². The minimum absolute atomic E-state index is 0.203. The van der Waals surface area contributed by atoms with Crippen molar-refractivity contribution < 1.29 is 27.4 Å². The van der Waals surface area contributed by atoms with Crippen LogP contribution in [0.2, 0.25) is 0 Å². The second-order valence-electron chi connectivity index (χ2n) is 6.13. The lowest BCUT2D eigenvalue weighted by Crippen LogP contribution is -2.67. The summed E-state index contributed by atoms with van der Waals surface area (Å²) in [6, 6.07) is 0. The molecular formula is C15H18F3N3O3. The SMILES string of the molecule is CCC1(CC)C(=O)NC2(COC2)c2ncc(OCC(F)(F)F)nc21. The predicted molar refractivity (Wildman–Crippen MR) is 76.5 cm³/mol. The third-order valence-electron chi connectivity index (χ3n) is 4.73. The quantitative estimate of drug-likeness (QED) is 0.901. The van der Waals surface area contributed by atoms with Gasteiger partial charge in [-0.2, -0.15) is 13.2 Å². The van der Waals surface area contributed by atoms with Gasteiger partial charge in [0.25, 0.3) is 0 Å². The Morgan fingerprint density at radius 1 is 1.29 bits per heavy atom. The van der Waals surface area contributed by atoms with E-state index in [4.69, 9.17) is 9.47 Å². The van der Waals surface area contributed by atoms with Gasteiger partial charge in [0, 0.05) is 0 Å². The number of nitrogens with zero attached hydrogens (tertiary/aromatic N) is 2. The van der Waals surface area contributed by atoms with Gasteiger partial charge in [0.15, 0.2) is 6.61 Å². The summed E-state index contributed by atoms with van der Waals surface area (Å²) in [4.78, 5) is 21.2. The summed E-state index contributed by atoms with van der Waals surface area (Å²) in [7, 11) is 0. The normalized spacial score (nSPS) is 21.0. The van der Waals surface area contributed by atoms with Crippen molar-refractivity contribution >= 4 is 5.91 Å². The molecule has 0 saturated carbocycles. The fourth-order valence-corrected chi connectivity index (χ4v) is 3.21. The number of hydrogen-bond acceptors (Lipinski definition) is 5. The molecule has 0 aliphatic carbocycles. The van der Waals surface area contributed by atoms with Gasteiger partial charge in [-0.1, -0.05) is 13.8 Å². The molecule has 1 aromatic heterocycles. The first-order chi connectivity index (χ1) is 11.3. The number of halogens is 3. The van der Waals surface area contributed by atoms with E-state index in [-0.39, 0.29) is 25.0 Å². The Kier molecular flexibility index (Phi) is 3.94. The van der Waals surface area contributed by atoms with Crippen molar-refractivity contribution in [1.29, 1.82) is 0 Å². The standard InChI is InChI=1S/C15H18F3N3O3/c1-3-13(4-2)10-11(14(6-23-7-14)21-12(13)22)19-5-9(20-10)24-8-15(16,17)18/h5H,3-4,6-8H2,1-2H3,(H,21,22). The Labute approximate surface area is 136 Å². The Morgan fingerprint density at radius 3 is 2.46 bits per heavy atom. The lowest BCUT2D eigenvalue weighted by atomic mass is 9.70. The highest BCUT2D eigenvalue weighted by molar-refractivity contribution is 5.90. The van der Waals surface area contributed by atoms with E-state index in [0.29, 0.717) is 24.2 Å². The maximum atomic E-state index is 12.7. The fraction of sp³-hybridized carbons (Fsp3) is 0.667. The smallest absolute Gasteiger partial charge is 0.422 e. The van der Waals surface area contributed by atoms with Gasteiger partial charge in [0.05, 0.1) is 36.2 Å². The van der Waals surface area contributed by atoms with Crippen LogP contribution in [0.4, 0.5) is 13.2 Å². The molecule has 0 atom stereocenters. The van der Waals surface area contributed by atoms with Gasteiger partial charge in [-0.05, 0) is 12.8 Å². The molecule has 9 heteroatoms. The maximum Gasteiger partial charge on any atom is 0.422 e. The van der Waals surface area contributed by atoms with E-state index < -0.39 is 23.7 Å². The highest BCUT2D eigenvalue weighted by Crippen LogP contribution is 2.44. The molecule has 3 heterocycles. The van der Waals surface area contributed by atoms with Crippen LogP contribution in [0.3, 0.4) is 0 Å². The number of alkyl halides is 3. The van der Waals surface area contributed by atoms with Crippen molar-refractivity contribution in [2.24, 2.45) is 0 Å². The van der Waals surface area contributed by atoms with Gasteiger partial charge < -0.3 is 14.8 Å². The molecule has 0 unspecified atom stereocenters. The van der Waals surface area contributed by atoms with Gasteiger partial charge in [0.2, 0.25) is 11.8 Å². The molecule has 24 heavy (non-hydrogen) atoms. The molecule has 1 spiro atoms. The Hall–Kier alpha value is -1.90. The molecule has 1 aromatic rings. The van der Waals surface area contributed by atoms with Crippen LogP contribution in [-0.2, 0) is 20.5 Å². The molecule has 1 N–H and O–H groups in total. The minimum atomic E-state index is -4.47. The summed E-state index contributed by atoms with van der Waals surface area (Å²) >= 11 is 0. The van der Waals surface area contributed by atoms with Crippen molar-refractivity contribution in [3.05, 3.63) is 17.6 Å². The molecule has 2 aliphatic heterocycles. The second-order valence-corrected chi connectivity index (χ2v) is 6.13. The van der Waals surface area contributed by atoms with Crippen LogP contribution in [0, 0.1) is 0 Å². The zero-order chi connectivity index (χ0) is 17.6. The van der Waals surface area contributed by atoms with Crippen LogP contribution in [0.15, 0.2) is 6.20 Å². The van der Waals surface area contributed by atoms with E-state index in [2.05, 4.69) is 15.3 Å². The molecule has 0 radical (unpaired) electrons. The number of ether oxygens (including phenoxy) is 2. The second kappa shape index (κ2) is 5.58. The minimum Gasteiger partial charge on any atom is -0.467 e. The summed E-state index contributed by atoms with van der Waals surface area (Å²) in [6.45, 7) is 2.77. The molecule has 0 bridgehead atoms. The number of carbonyl (C=O) groups excluding carboxylic acids is 1. The molecule has 132 valence electrons. The third kappa shape index (κ3) is 2.51. The molecule has 3 rings (SSSR count). The molecule has 1 amide bonds. The lowest BCUT2D eigenvalue weighted by Gasteiger charge is -2.49. The zero-order valence-electron chi connectivity index (χ0n) is 13.4. The van der Waals surface area contributed by atoms with Crippen LogP contribution in [-0.4, -0.2) is 41.9 Å². The van der Waals surface area contributed by atoms with E-state index in [0.717, 1.165) is 6.20 Å². The average molecular weight is 345 g/mol. The Morgan fingerprint density at radius 2 is 1.96 bits per heavy atom. The fourth-order valence-electron chi connectivity index (χ4n) is 3.21. The number of carbonyl (C=O) groups is 1. The highest BCUT2D eigenvalue weighted by Gasteiger charge is 2.56. The van der Waals surface area contributed by atoms with Crippen LogP contribution >= 0.6 is 0 Å². The summed E-state index contributed by atoms with van der Waals surface area (Å²) in [6.07, 6.45) is -2.39. The van der Waals surface area contributed by atoms with Crippen LogP contribution in [0.25, 0.3) is 0 Å². The van der Waals surface area contributed by atoms with Gasteiger partial charge in [0.1, 0.15) is 5.54 Å². The number of nitrogens with one attached hydrogen (secondary N) is 1. The molecule has 0 aromatic carbocycles. The molecule has 2 aliphatic rings. The predicted octanol–water partition coefficient (Wildman–Crippen LogP) is 1.83. The maximum absolute atomic E-state index is 12.7. The molecule has 1 saturated heterocycles. The van der Waals surface area contributed by atoms with E-state index >= 15 is 0 Å². The Bertz CT molecular complexity index is 655. The van der Waals surface area contributed by atoms with E-state index in [9.17, 15) is 18.0 Å². The summed E-state index contributed by atoms with van der Waals surface area (Å²) < 4.78 is 47.0. The van der Waals surface area contributed by atoms with Crippen LogP contribution in [0.1, 0.15) is 38.1 Å². The average Bonchev–Trinajstić information content (AvgIpc) is 2.50. The van der Waals surface area contributed by atoms with Gasteiger partial charge in [-0.3, -0.25) is 9.78 Å². The Balaban J connectivity index is 2.05. The van der Waals surface area contributed by atoms with Crippen molar-refractivity contribution in [2.75, 3.05) is 19.8 Å². The van der Waals surface area contributed by atoms with Gasteiger partial charge in [-0.25, -0.2) is 4.98 Å². The highest BCUT2D eigenvalue weighted by atomic mass is 19.4. The molecule has 6 nitrogen and oxygen atoms in total. The zero-order valence-corrected chi connectivity index (χ0v) is 13.4. The van der Waals surface area contributed by atoms with E-state index in [1.54, 1.807) is 0 Å². The van der Waals surface area contributed by atoms with Crippen LogP contribution in [0.5, 0.6) is 5.88 Å². The molecule has 1 fully saturated rings. The number of aromatic nitrogens is 2. The van der Waals surface area contributed by atoms with Gasteiger partial charge in [-0.15, -0.1) is 0 Å². The first-order valence-electron chi connectivity index (χ1n) is 7.74. The first-order valence-corrected chi connectivity index (χ1v) is 7.74. The molecular weight excluding hydrogens is 327 g/mol. The summed E-state index contributed by atoms with van der Waals surface area (Å²) in [5.74, 6) is -0.437. The number of rotatable bonds is 4. The third-order valence-corrected chi connectivity index (χ3v) is 4.73. The first kappa shape index (κ1) is 16.9. The number of fused-ring (bicyclic) bond motifs is 2. The number of amides is 1. The lowest BCUT2D eigenvalue weighted by molar-refractivity contribution is -0.154. The summed E-state index contributed by atoms with van der Waals surface area (Å²) in [5.41, 5.74) is -0.730. The monoisotopic (exact) mass is 345 g/mol. The van der Waals surface area contributed by atoms with Crippen LogP contribution < -0.4 is 10.1 Å².